The third-order valence-corrected chi connectivity index (χ3v) is 7.76. The lowest BCUT2D eigenvalue weighted by Crippen LogP contribution is -2.31. The summed E-state index contributed by atoms with van der Waals surface area (Å²) < 4.78 is 12.5. The number of thioether (sulfide) groups is 1. The van der Waals surface area contributed by atoms with Crippen LogP contribution in [-0.4, -0.2) is 46.4 Å². The number of benzene rings is 2. The Labute approximate surface area is 233 Å². The number of aryl methyl sites for hydroxylation is 1. The molecule has 2 aromatic heterocycles. The molecule has 1 atom stereocenters. The molecule has 2 aromatic carbocycles. The highest BCUT2D eigenvalue weighted by Crippen LogP contribution is 2.23. The fourth-order valence-electron chi connectivity index (χ4n) is 4.26. The van der Waals surface area contributed by atoms with Gasteiger partial charge in [0.2, 0.25) is 5.91 Å². The molecule has 202 valence electrons. The number of carbonyl (C=O) groups is 2. The summed E-state index contributed by atoms with van der Waals surface area (Å²) in [6.07, 6.45) is 3.46. The molecule has 0 unspecified atom stereocenters. The van der Waals surface area contributed by atoms with Gasteiger partial charge in [0.1, 0.15) is 5.76 Å². The predicted octanol–water partition coefficient (Wildman–Crippen LogP) is 4.64. The number of ether oxygens (including phenoxy) is 1. The molecule has 2 N–H and O–H groups in total. The topological polar surface area (TPSA) is 115 Å². The molecule has 9 nitrogen and oxygen atoms in total. The summed E-state index contributed by atoms with van der Waals surface area (Å²) in [5, 5.41) is 6.96. The summed E-state index contributed by atoms with van der Waals surface area (Å²) in [5.74, 6) is 0.0349. The highest BCUT2D eigenvalue weighted by atomic mass is 35.5. The van der Waals surface area contributed by atoms with Crippen molar-refractivity contribution >= 4 is 51.8 Å². The van der Waals surface area contributed by atoms with E-state index >= 15 is 0 Å². The van der Waals surface area contributed by atoms with Crippen LogP contribution in [0.3, 0.4) is 0 Å². The summed E-state index contributed by atoms with van der Waals surface area (Å²) in [5.41, 5.74) is 1.95. The molecule has 5 rings (SSSR count). The van der Waals surface area contributed by atoms with Gasteiger partial charge >= 0.3 is 0 Å². The normalized spacial score (nSPS) is 15.0. The molecule has 2 amide bonds. The van der Waals surface area contributed by atoms with Crippen LogP contribution in [0, 0.1) is 6.92 Å². The largest absolute Gasteiger partial charge is 0.467 e. The van der Waals surface area contributed by atoms with Gasteiger partial charge in [-0.1, -0.05) is 29.4 Å². The van der Waals surface area contributed by atoms with E-state index in [9.17, 15) is 14.4 Å². The molecule has 0 aliphatic carbocycles. The number of furan rings is 1. The molecular formula is C28H27ClN4O5S. The van der Waals surface area contributed by atoms with Crippen LogP contribution in [0.15, 0.2) is 69.2 Å². The monoisotopic (exact) mass is 566 g/mol. The lowest BCUT2D eigenvalue weighted by molar-refractivity contribution is -0.113. The quantitative estimate of drug-likeness (QED) is 0.224. The maximum absolute atomic E-state index is 13.5. The van der Waals surface area contributed by atoms with E-state index in [0.717, 1.165) is 30.2 Å². The van der Waals surface area contributed by atoms with E-state index in [4.69, 9.17) is 20.8 Å². The molecule has 1 saturated heterocycles. The van der Waals surface area contributed by atoms with Gasteiger partial charge in [-0.25, -0.2) is 4.98 Å². The van der Waals surface area contributed by atoms with Gasteiger partial charge in [-0.05, 0) is 67.8 Å². The van der Waals surface area contributed by atoms with E-state index in [1.165, 1.54) is 10.8 Å². The number of carbonyl (C=O) groups excluding carboxylic acids is 2. The summed E-state index contributed by atoms with van der Waals surface area (Å²) >= 11 is 7.29. The van der Waals surface area contributed by atoms with Gasteiger partial charge in [0.05, 0.1) is 35.6 Å². The smallest absolute Gasteiger partial charge is 0.262 e. The first-order valence-electron chi connectivity index (χ1n) is 12.5. The average Bonchev–Trinajstić information content (AvgIpc) is 3.64. The zero-order valence-electron chi connectivity index (χ0n) is 21.2. The highest BCUT2D eigenvalue weighted by molar-refractivity contribution is 7.99. The van der Waals surface area contributed by atoms with Gasteiger partial charge in [0.25, 0.3) is 11.5 Å². The van der Waals surface area contributed by atoms with E-state index in [1.807, 2.05) is 13.0 Å². The van der Waals surface area contributed by atoms with Gasteiger partial charge < -0.3 is 19.8 Å². The lowest BCUT2D eigenvalue weighted by Gasteiger charge is -2.14. The van der Waals surface area contributed by atoms with Crippen LogP contribution in [0.2, 0.25) is 5.02 Å². The molecule has 0 radical (unpaired) electrons. The minimum absolute atomic E-state index is 0.00314. The molecule has 1 aliphatic heterocycles. The molecule has 0 saturated carbocycles. The van der Waals surface area contributed by atoms with Crippen LogP contribution in [0.1, 0.15) is 34.5 Å². The highest BCUT2D eigenvalue weighted by Gasteiger charge is 2.19. The van der Waals surface area contributed by atoms with Crippen molar-refractivity contribution in [1.82, 2.24) is 14.9 Å². The molecule has 4 aromatic rings. The number of amides is 2. The van der Waals surface area contributed by atoms with E-state index in [1.54, 1.807) is 42.5 Å². The Morgan fingerprint density at radius 3 is 2.82 bits per heavy atom. The van der Waals surface area contributed by atoms with Crippen LogP contribution in [0.4, 0.5) is 5.69 Å². The summed E-state index contributed by atoms with van der Waals surface area (Å²) in [4.78, 5) is 43.7. The van der Waals surface area contributed by atoms with Crippen molar-refractivity contribution in [2.45, 2.75) is 37.6 Å². The second-order valence-electron chi connectivity index (χ2n) is 9.24. The number of halogens is 1. The van der Waals surface area contributed by atoms with Gasteiger partial charge in [-0.3, -0.25) is 19.0 Å². The third-order valence-electron chi connectivity index (χ3n) is 6.38. The minimum Gasteiger partial charge on any atom is -0.467 e. The third kappa shape index (κ3) is 6.52. The number of nitrogens with zero attached hydrogens (tertiary/aromatic N) is 2. The maximum atomic E-state index is 13.5. The number of fused-ring (bicyclic) bond motifs is 1. The van der Waals surface area contributed by atoms with Crippen molar-refractivity contribution in [3.8, 4) is 0 Å². The first-order chi connectivity index (χ1) is 18.9. The van der Waals surface area contributed by atoms with Crippen molar-refractivity contribution in [3.05, 3.63) is 87.1 Å². The lowest BCUT2D eigenvalue weighted by atomic mass is 10.1. The Hall–Kier alpha value is -3.60. The van der Waals surface area contributed by atoms with Crippen molar-refractivity contribution in [2.24, 2.45) is 0 Å². The minimum atomic E-state index is -0.295. The number of nitrogens with one attached hydrogen (secondary N) is 2. The molecule has 39 heavy (non-hydrogen) atoms. The Balaban J connectivity index is 1.39. The molecule has 0 spiro atoms. The number of hydrogen-bond acceptors (Lipinski definition) is 7. The number of rotatable bonds is 9. The Kier molecular flexibility index (Phi) is 8.35. The zero-order chi connectivity index (χ0) is 27.4. The number of anilines is 1. The van der Waals surface area contributed by atoms with Crippen molar-refractivity contribution in [2.75, 3.05) is 24.2 Å². The van der Waals surface area contributed by atoms with Crippen molar-refractivity contribution in [1.29, 1.82) is 0 Å². The Morgan fingerprint density at radius 1 is 1.21 bits per heavy atom. The van der Waals surface area contributed by atoms with Crippen LogP contribution < -0.4 is 16.2 Å². The van der Waals surface area contributed by atoms with Gasteiger partial charge in [0, 0.05) is 29.4 Å². The second-order valence-corrected chi connectivity index (χ2v) is 10.6. The fraction of sp³-hybridized carbons (Fsp3) is 0.286. The summed E-state index contributed by atoms with van der Waals surface area (Å²) in [7, 11) is 0. The molecule has 0 bridgehead atoms. The second kappa shape index (κ2) is 12.1. The van der Waals surface area contributed by atoms with Crippen LogP contribution in [0.5, 0.6) is 0 Å². The molecule has 11 heteroatoms. The van der Waals surface area contributed by atoms with Gasteiger partial charge in [-0.15, -0.1) is 0 Å². The first-order valence-corrected chi connectivity index (χ1v) is 13.9. The summed E-state index contributed by atoms with van der Waals surface area (Å²) in [6, 6.07) is 13.6. The maximum Gasteiger partial charge on any atom is 0.262 e. The first kappa shape index (κ1) is 27.0. The predicted molar refractivity (Wildman–Crippen MR) is 151 cm³/mol. The van der Waals surface area contributed by atoms with E-state index < -0.39 is 0 Å². The molecule has 3 heterocycles. The average molecular weight is 567 g/mol. The van der Waals surface area contributed by atoms with E-state index in [2.05, 4.69) is 15.6 Å². The standard InChI is InChI=1S/C28H27ClN4O5S/c1-17-6-8-19(13-23(17)29)31-25(34)16-39-28-32-24-12-18(26(35)30-14-20-4-2-10-37-20)7-9-22(24)27(36)33(28)15-21-5-3-11-38-21/h3,5-9,11-13,20H,2,4,10,14-16H2,1H3,(H,30,35)(H,31,34)/t20-/m0/s1. The molecule has 1 aliphatic rings. The molecule has 1 fully saturated rings. The van der Waals surface area contributed by atoms with Crippen LogP contribution in [-0.2, 0) is 16.1 Å². The van der Waals surface area contributed by atoms with E-state index in [0.29, 0.717) is 51.2 Å². The Morgan fingerprint density at radius 2 is 2.08 bits per heavy atom. The Bertz CT molecular complexity index is 1560. The zero-order valence-corrected chi connectivity index (χ0v) is 22.8. The summed E-state index contributed by atoms with van der Waals surface area (Å²) in [6.45, 7) is 3.17. The van der Waals surface area contributed by atoms with Crippen molar-refractivity contribution < 1.29 is 18.7 Å². The van der Waals surface area contributed by atoms with Gasteiger partial charge in [0.15, 0.2) is 5.16 Å². The van der Waals surface area contributed by atoms with Crippen molar-refractivity contribution in [3.63, 3.8) is 0 Å². The molecular weight excluding hydrogens is 540 g/mol. The fourth-order valence-corrected chi connectivity index (χ4v) is 5.24. The number of hydrogen-bond donors (Lipinski definition) is 2. The van der Waals surface area contributed by atoms with Crippen LogP contribution in [0.25, 0.3) is 10.9 Å². The number of aromatic nitrogens is 2. The SMILES string of the molecule is Cc1ccc(NC(=O)CSc2nc3cc(C(=O)NC[C@@H]4CCCO4)ccc3c(=O)n2Cc2ccco2)cc1Cl. The van der Waals surface area contributed by atoms with Crippen LogP contribution >= 0.6 is 23.4 Å². The van der Waals surface area contributed by atoms with Gasteiger partial charge in [-0.2, -0.15) is 0 Å². The van der Waals surface area contributed by atoms with E-state index in [-0.39, 0.29) is 35.8 Å².